The summed E-state index contributed by atoms with van der Waals surface area (Å²) in [5.74, 6) is -1.36. The van der Waals surface area contributed by atoms with E-state index in [4.69, 9.17) is 19.3 Å². The molecule has 0 bridgehead atoms. The molecule has 1 aliphatic rings. The summed E-state index contributed by atoms with van der Waals surface area (Å²) in [6.07, 6.45) is 2.47. The molecule has 1 saturated carbocycles. The van der Waals surface area contributed by atoms with Crippen molar-refractivity contribution < 1.29 is 28.9 Å². The molecule has 0 aliphatic heterocycles. The third-order valence-corrected chi connectivity index (χ3v) is 3.33. The molecule has 7 nitrogen and oxygen atoms in total. The number of aliphatic carboxylic acids is 1. The van der Waals surface area contributed by atoms with E-state index in [1.54, 1.807) is 26.8 Å². The number of rotatable bonds is 6. The number of carbonyl (C=O) groups excluding carboxylic acids is 1. The normalized spacial score (nSPS) is 15.8. The Kier molecular flexibility index (Phi) is 4.61. The predicted octanol–water partition coefficient (Wildman–Crippen LogP) is 2.18. The lowest BCUT2D eigenvalue weighted by molar-refractivity contribution is -0.154. The average Bonchev–Trinajstić information content (AvgIpc) is 3.24. The molecule has 7 heteroatoms. The Balaban J connectivity index is 2.15. The van der Waals surface area contributed by atoms with Crippen LogP contribution in [0.5, 0.6) is 5.88 Å². The van der Waals surface area contributed by atoms with Crippen LogP contribution in [0, 0.1) is 0 Å². The van der Waals surface area contributed by atoms with E-state index in [1.807, 2.05) is 0 Å². The second-order valence-electron chi connectivity index (χ2n) is 6.49. The number of carboxylic acids is 1. The number of carboxylic acid groups (broad SMARTS) is 1. The molecule has 0 spiro atoms. The summed E-state index contributed by atoms with van der Waals surface area (Å²) >= 11 is 0. The van der Waals surface area contributed by atoms with Crippen LogP contribution in [0.1, 0.15) is 49.5 Å². The molecule has 0 amide bonds. The molecule has 1 N–H and O–H groups in total. The van der Waals surface area contributed by atoms with Crippen LogP contribution in [0.4, 0.5) is 0 Å². The van der Waals surface area contributed by atoms with Crippen molar-refractivity contribution in [3.63, 3.8) is 0 Å². The van der Waals surface area contributed by atoms with Gasteiger partial charge in [0.2, 0.25) is 5.88 Å². The summed E-state index contributed by atoms with van der Waals surface area (Å²) < 4.78 is 15.9. The molecule has 1 aromatic rings. The minimum Gasteiger partial charge on any atom is -0.480 e. The van der Waals surface area contributed by atoms with E-state index in [2.05, 4.69) is 4.98 Å². The summed E-state index contributed by atoms with van der Waals surface area (Å²) in [7, 11) is 1.41. The van der Waals surface area contributed by atoms with Gasteiger partial charge >= 0.3 is 11.9 Å². The molecule has 0 saturated heterocycles. The van der Waals surface area contributed by atoms with Crippen molar-refractivity contribution in [2.75, 3.05) is 7.11 Å². The van der Waals surface area contributed by atoms with E-state index >= 15 is 0 Å². The fraction of sp³-hybridized carbons (Fsp3) is 0.562. The molecule has 1 aliphatic carbocycles. The molecule has 23 heavy (non-hydrogen) atoms. The monoisotopic (exact) mass is 323 g/mol. The van der Waals surface area contributed by atoms with Gasteiger partial charge in [-0.25, -0.2) is 14.6 Å². The van der Waals surface area contributed by atoms with Crippen molar-refractivity contribution in [1.29, 1.82) is 0 Å². The Morgan fingerprint density at radius 3 is 2.48 bits per heavy atom. The smallest absolute Gasteiger partial charge is 0.344 e. The van der Waals surface area contributed by atoms with Crippen molar-refractivity contribution in [3.05, 3.63) is 23.4 Å². The number of aromatic nitrogens is 1. The molecular formula is C16H21NO6. The van der Waals surface area contributed by atoms with E-state index in [1.165, 1.54) is 13.3 Å². The largest absolute Gasteiger partial charge is 0.480 e. The Hall–Kier alpha value is -2.15. The zero-order chi connectivity index (χ0) is 17.3. The predicted molar refractivity (Wildman–Crippen MR) is 80.3 cm³/mol. The first kappa shape index (κ1) is 17.2. The molecule has 0 aromatic carbocycles. The van der Waals surface area contributed by atoms with Gasteiger partial charge in [0, 0.05) is 6.20 Å². The van der Waals surface area contributed by atoms with Crippen LogP contribution in [-0.2, 0) is 20.9 Å². The number of methoxy groups -OCH3 is 1. The third-order valence-electron chi connectivity index (χ3n) is 3.33. The maximum absolute atomic E-state index is 12.2. The molecular weight excluding hydrogens is 302 g/mol. The van der Waals surface area contributed by atoms with Gasteiger partial charge in [-0.3, -0.25) is 0 Å². The van der Waals surface area contributed by atoms with Crippen LogP contribution in [0.3, 0.4) is 0 Å². The zero-order valence-electron chi connectivity index (χ0n) is 13.7. The first-order valence-corrected chi connectivity index (χ1v) is 7.30. The van der Waals surface area contributed by atoms with Crippen LogP contribution in [0.25, 0.3) is 0 Å². The first-order chi connectivity index (χ1) is 10.7. The average molecular weight is 323 g/mol. The summed E-state index contributed by atoms with van der Waals surface area (Å²) in [6, 6.07) is 1.55. The van der Waals surface area contributed by atoms with Crippen molar-refractivity contribution in [2.24, 2.45) is 0 Å². The van der Waals surface area contributed by atoms with Gasteiger partial charge in [0.1, 0.15) is 11.2 Å². The minimum atomic E-state index is -1.09. The molecule has 0 atom stereocenters. The Bertz CT molecular complexity index is 615. The molecule has 0 unspecified atom stereocenters. The van der Waals surface area contributed by atoms with Gasteiger partial charge in [-0.15, -0.1) is 0 Å². The molecule has 1 heterocycles. The quantitative estimate of drug-likeness (QED) is 0.802. The summed E-state index contributed by atoms with van der Waals surface area (Å²) in [5.41, 5.74) is -0.968. The summed E-state index contributed by atoms with van der Waals surface area (Å²) in [6.45, 7) is 5.35. The Labute approximate surface area is 134 Å². The second kappa shape index (κ2) is 6.16. The van der Waals surface area contributed by atoms with E-state index in [0.717, 1.165) is 0 Å². The van der Waals surface area contributed by atoms with Crippen molar-refractivity contribution in [1.82, 2.24) is 4.98 Å². The van der Waals surface area contributed by atoms with Crippen LogP contribution in [-0.4, -0.2) is 40.3 Å². The Morgan fingerprint density at radius 2 is 2.00 bits per heavy atom. The fourth-order valence-corrected chi connectivity index (χ4v) is 1.97. The second-order valence-corrected chi connectivity index (χ2v) is 6.49. The highest BCUT2D eigenvalue weighted by Crippen LogP contribution is 2.40. The number of esters is 1. The van der Waals surface area contributed by atoms with Gasteiger partial charge in [0.05, 0.1) is 13.7 Å². The maximum atomic E-state index is 12.2. The standard InChI is InChI=1S/C16H21NO6/c1-15(2,3)23-13(18)11-7-10(8-17-12(11)21-4)9-22-16(5-6-16)14(19)20/h7-8H,5-6,9H2,1-4H3,(H,19,20). The van der Waals surface area contributed by atoms with Crippen LogP contribution in [0.15, 0.2) is 12.3 Å². The van der Waals surface area contributed by atoms with Gasteiger partial charge in [-0.2, -0.15) is 0 Å². The number of hydrogen-bond donors (Lipinski definition) is 1. The summed E-state index contributed by atoms with van der Waals surface area (Å²) in [4.78, 5) is 27.4. The van der Waals surface area contributed by atoms with Crippen LogP contribution in [0.2, 0.25) is 0 Å². The van der Waals surface area contributed by atoms with Crippen molar-refractivity contribution >= 4 is 11.9 Å². The van der Waals surface area contributed by atoms with Crippen LogP contribution >= 0.6 is 0 Å². The van der Waals surface area contributed by atoms with E-state index < -0.39 is 23.1 Å². The number of carbonyl (C=O) groups is 2. The first-order valence-electron chi connectivity index (χ1n) is 7.30. The minimum absolute atomic E-state index is 0.0547. The van der Waals surface area contributed by atoms with Gasteiger partial charge in [0.15, 0.2) is 5.60 Å². The SMILES string of the molecule is COc1ncc(COC2(C(=O)O)CC2)cc1C(=O)OC(C)(C)C. The maximum Gasteiger partial charge on any atom is 0.344 e. The Morgan fingerprint density at radius 1 is 1.35 bits per heavy atom. The number of nitrogens with zero attached hydrogens (tertiary/aromatic N) is 1. The fourth-order valence-electron chi connectivity index (χ4n) is 1.97. The lowest BCUT2D eigenvalue weighted by Gasteiger charge is -2.20. The topological polar surface area (TPSA) is 95.0 Å². The number of ether oxygens (including phenoxy) is 3. The molecule has 126 valence electrons. The number of hydrogen-bond acceptors (Lipinski definition) is 6. The van der Waals surface area contributed by atoms with E-state index in [9.17, 15) is 9.59 Å². The highest BCUT2D eigenvalue weighted by atomic mass is 16.6. The lowest BCUT2D eigenvalue weighted by atomic mass is 10.1. The summed E-state index contributed by atoms with van der Waals surface area (Å²) in [5, 5.41) is 9.10. The molecule has 0 radical (unpaired) electrons. The zero-order valence-corrected chi connectivity index (χ0v) is 13.7. The lowest BCUT2D eigenvalue weighted by Crippen LogP contribution is -2.26. The van der Waals surface area contributed by atoms with Crippen LogP contribution < -0.4 is 4.74 Å². The molecule has 1 aromatic heterocycles. The molecule has 2 rings (SSSR count). The van der Waals surface area contributed by atoms with Crippen molar-refractivity contribution in [2.45, 2.75) is 51.4 Å². The van der Waals surface area contributed by atoms with Gasteiger partial charge < -0.3 is 19.3 Å². The van der Waals surface area contributed by atoms with Gasteiger partial charge in [0.25, 0.3) is 0 Å². The third kappa shape index (κ3) is 4.19. The van der Waals surface area contributed by atoms with E-state index in [0.29, 0.717) is 18.4 Å². The van der Waals surface area contributed by atoms with Gasteiger partial charge in [-0.1, -0.05) is 0 Å². The van der Waals surface area contributed by atoms with Crippen molar-refractivity contribution in [3.8, 4) is 5.88 Å². The highest BCUT2D eigenvalue weighted by molar-refractivity contribution is 5.92. The molecule has 1 fully saturated rings. The van der Waals surface area contributed by atoms with Gasteiger partial charge in [-0.05, 0) is 45.2 Å². The highest BCUT2D eigenvalue weighted by Gasteiger charge is 2.51. The number of pyridine rings is 1. The van der Waals surface area contributed by atoms with E-state index in [-0.39, 0.29) is 18.1 Å².